The van der Waals surface area contributed by atoms with E-state index >= 15 is 0 Å². The third kappa shape index (κ3) is 3.31. The molecule has 0 bridgehead atoms. The maximum absolute atomic E-state index is 14.2. The van der Waals surface area contributed by atoms with Crippen molar-refractivity contribution < 1.29 is 12.8 Å². The van der Waals surface area contributed by atoms with E-state index in [0.717, 1.165) is 11.6 Å². The molecule has 9 heteroatoms. The van der Waals surface area contributed by atoms with E-state index in [1.807, 2.05) is 6.92 Å². The van der Waals surface area contributed by atoms with E-state index in [4.69, 9.17) is 0 Å². The normalized spacial score (nSPS) is 11.5. The molecule has 1 N–H and O–H groups in total. The summed E-state index contributed by atoms with van der Waals surface area (Å²) in [5, 5.41) is 3.84. The smallest absolute Gasteiger partial charge is 0.263 e. The molecule has 0 spiro atoms. The standard InChI is InChI=1S/C15H12BrFN4O2S/c1-10-2-5-15(12(16)6-10)24(22,23)20-11-3-4-14(13(17)7-11)21-9-18-8-19-21/h2-9,20H,1H3. The Kier molecular flexibility index (Phi) is 4.37. The van der Waals surface area contributed by atoms with Gasteiger partial charge in [-0.25, -0.2) is 22.5 Å². The first-order chi connectivity index (χ1) is 11.4. The molecule has 0 saturated carbocycles. The zero-order chi connectivity index (χ0) is 17.3. The molecule has 0 radical (unpaired) electrons. The van der Waals surface area contributed by atoms with E-state index in [-0.39, 0.29) is 16.3 Å². The highest BCUT2D eigenvalue weighted by Crippen LogP contribution is 2.26. The Balaban J connectivity index is 1.92. The van der Waals surface area contributed by atoms with Crippen LogP contribution in [0, 0.1) is 12.7 Å². The molecule has 6 nitrogen and oxygen atoms in total. The largest absolute Gasteiger partial charge is 0.279 e. The second-order valence-corrected chi connectivity index (χ2v) is 7.55. The Morgan fingerprint density at radius 1 is 1.21 bits per heavy atom. The topological polar surface area (TPSA) is 76.9 Å². The predicted molar refractivity (Wildman–Crippen MR) is 91.0 cm³/mol. The van der Waals surface area contributed by atoms with E-state index < -0.39 is 15.8 Å². The van der Waals surface area contributed by atoms with E-state index in [2.05, 4.69) is 30.7 Å². The number of benzene rings is 2. The first-order valence-electron chi connectivity index (χ1n) is 6.80. The van der Waals surface area contributed by atoms with Crippen LogP contribution in [0.3, 0.4) is 0 Å². The van der Waals surface area contributed by atoms with E-state index in [9.17, 15) is 12.8 Å². The summed E-state index contributed by atoms with van der Waals surface area (Å²) in [7, 11) is -3.84. The minimum atomic E-state index is -3.84. The summed E-state index contributed by atoms with van der Waals surface area (Å²) in [6, 6.07) is 8.85. The number of halogens is 2. The number of rotatable bonds is 4. The monoisotopic (exact) mass is 410 g/mol. The van der Waals surface area contributed by atoms with Crippen LogP contribution in [-0.4, -0.2) is 23.2 Å². The molecule has 2 aromatic carbocycles. The summed E-state index contributed by atoms with van der Waals surface area (Å²) in [6.45, 7) is 1.85. The van der Waals surface area contributed by atoms with Crippen molar-refractivity contribution in [1.29, 1.82) is 0 Å². The highest BCUT2D eigenvalue weighted by molar-refractivity contribution is 9.10. The van der Waals surface area contributed by atoms with Gasteiger partial charge in [-0.2, -0.15) is 5.10 Å². The number of hydrogen-bond donors (Lipinski definition) is 1. The average molecular weight is 411 g/mol. The van der Waals surface area contributed by atoms with Crippen LogP contribution in [0.25, 0.3) is 5.69 Å². The zero-order valence-electron chi connectivity index (χ0n) is 12.4. The molecule has 0 amide bonds. The van der Waals surface area contributed by atoms with Crippen molar-refractivity contribution in [3.63, 3.8) is 0 Å². The maximum atomic E-state index is 14.2. The quantitative estimate of drug-likeness (QED) is 0.715. The minimum absolute atomic E-state index is 0.0776. The van der Waals surface area contributed by atoms with Gasteiger partial charge in [0.15, 0.2) is 5.82 Å². The van der Waals surface area contributed by atoms with Crippen LogP contribution in [0.2, 0.25) is 0 Å². The summed E-state index contributed by atoms with van der Waals surface area (Å²) >= 11 is 3.24. The number of aryl methyl sites for hydroxylation is 1. The van der Waals surface area contributed by atoms with Gasteiger partial charge in [0.05, 0.1) is 5.69 Å². The lowest BCUT2D eigenvalue weighted by Gasteiger charge is -2.11. The molecule has 0 fully saturated rings. The van der Waals surface area contributed by atoms with Crippen molar-refractivity contribution >= 4 is 31.6 Å². The highest BCUT2D eigenvalue weighted by atomic mass is 79.9. The molecule has 0 saturated heterocycles. The van der Waals surface area contributed by atoms with Crippen LogP contribution in [0.15, 0.2) is 58.4 Å². The summed E-state index contributed by atoms with van der Waals surface area (Å²) in [4.78, 5) is 3.82. The lowest BCUT2D eigenvalue weighted by molar-refractivity contribution is 0.600. The second-order valence-electron chi connectivity index (χ2n) is 5.05. The molecule has 0 aliphatic carbocycles. The van der Waals surface area contributed by atoms with Crippen molar-refractivity contribution in [3.8, 4) is 5.69 Å². The fourth-order valence-electron chi connectivity index (χ4n) is 2.12. The number of nitrogens with one attached hydrogen (secondary N) is 1. The number of hydrogen-bond acceptors (Lipinski definition) is 4. The van der Waals surface area contributed by atoms with Crippen LogP contribution < -0.4 is 4.72 Å². The first-order valence-corrected chi connectivity index (χ1v) is 9.08. The van der Waals surface area contributed by atoms with Gasteiger partial charge < -0.3 is 0 Å². The molecule has 3 aromatic rings. The lowest BCUT2D eigenvalue weighted by atomic mass is 10.2. The summed E-state index contributed by atoms with van der Waals surface area (Å²) < 4.78 is 43.2. The third-order valence-electron chi connectivity index (χ3n) is 3.24. The molecular weight excluding hydrogens is 399 g/mol. The van der Waals surface area contributed by atoms with E-state index in [0.29, 0.717) is 4.47 Å². The zero-order valence-corrected chi connectivity index (χ0v) is 14.8. The van der Waals surface area contributed by atoms with Gasteiger partial charge in [0.1, 0.15) is 23.2 Å². The average Bonchev–Trinajstić information content (AvgIpc) is 3.00. The SMILES string of the molecule is Cc1ccc(S(=O)(=O)Nc2ccc(-n3cncn3)c(F)c2)c(Br)c1. The molecule has 0 atom stereocenters. The Morgan fingerprint density at radius 3 is 2.62 bits per heavy atom. The fraction of sp³-hybridized carbons (Fsp3) is 0.0667. The van der Waals surface area contributed by atoms with Crippen LogP contribution in [0.4, 0.5) is 10.1 Å². The minimum Gasteiger partial charge on any atom is -0.279 e. The summed E-state index contributed by atoms with van der Waals surface area (Å²) in [6.07, 6.45) is 2.64. The Hall–Kier alpha value is -2.26. The van der Waals surface area contributed by atoms with Gasteiger partial charge in [-0.1, -0.05) is 6.07 Å². The van der Waals surface area contributed by atoms with E-state index in [1.165, 1.54) is 35.5 Å². The molecule has 24 heavy (non-hydrogen) atoms. The van der Waals surface area contributed by atoms with Crippen molar-refractivity contribution in [2.45, 2.75) is 11.8 Å². The van der Waals surface area contributed by atoms with Crippen molar-refractivity contribution in [2.24, 2.45) is 0 Å². The van der Waals surface area contributed by atoms with Crippen molar-refractivity contribution in [1.82, 2.24) is 14.8 Å². The highest BCUT2D eigenvalue weighted by Gasteiger charge is 2.18. The predicted octanol–water partition coefficient (Wildman–Crippen LogP) is 3.28. The molecule has 1 aromatic heterocycles. The van der Waals surface area contributed by atoms with Gasteiger partial charge >= 0.3 is 0 Å². The molecule has 0 aliphatic heterocycles. The first kappa shape index (κ1) is 16.6. The number of anilines is 1. The van der Waals surface area contributed by atoms with E-state index in [1.54, 1.807) is 12.1 Å². The molecule has 124 valence electrons. The number of sulfonamides is 1. The number of aromatic nitrogens is 3. The van der Waals surface area contributed by atoms with Crippen LogP contribution in [0.5, 0.6) is 0 Å². The molecule has 0 unspecified atom stereocenters. The Bertz CT molecular complexity index is 991. The van der Waals surface area contributed by atoms with Crippen LogP contribution in [0.1, 0.15) is 5.56 Å². The van der Waals surface area contributed by atoms with Gasteiger partial charge in [-0.05, 0) is 52.7 Å². The summed E-state index contributed by atoms with van der Waals surface area (Å²) in [5.41, 5.74) is 1.21. The molecule has 3 rings (SSSR count). The fourth-order valence-corrected chi connectivity index (χ4v) is 4.37. The van der Waals surface area contributed by atoms with Crippen molar-refractivity contribution in [2.75, 3.05) is 4.72 Å². The van der Waals surface area contributed by atoms with Gasteiger partial charge in [0.2, 0.25) is 0 Å². The third-order valence-corrected chi connectivity index (χ3v) is 5.60. The van der Waals surface area contributed by atoms with Crippen molar-refractivity contribution in [3.05, 3.63) is 64.9 Å². The Labute approximate surface area is 146 Å². The van der Waals surface area contributed by atoms with Gasteiger partial charge in [0, 0.05) is 10.5 Å². The summed E-state index contributed by atoms with van der Waals surface area (Å²) in [5.74, 6) is -0.622. The number of nitrogens with zero attached hydrogens (tertiary/aromatic N) is 3. The second kappa shape index (κ2) is 6.33. The Morgan fingerprint density at radius 2 is 2.00 bits per heavy atom. The van der Waals surface area contributed by atoms with Gasteiger partial charge in [0.25, 0.3) is 10.0 Å². The molecular formula is C15H12BrFN4O2S. The van der Waals surface area contributed by atoms with Gasteiger partial charge in [-0.3, -0.25) is 4.72 Å². The molecule has 1 heterocycles. The molecule has 0 aliphatic rings. The van der Waals surface area contributed by atoms with Crippen LogP contribution in [-0.2, 0) is 10.0 Å². The maximum Gasteiger partial charge on any atom is 0.263 e. The van der Waals surface area contributed by atoms with Crippen LogP contribution >= 0.6 is 15.9 Å². The van der Waals surface area contributed by atoms with Gasteiger partial charge in [-0.15, -0.1) is 0 Å². The lowest BCUT2D eigenvalue weighted by Crippen LogP contribution is -2.14.